The van der Waals surface area contributed by atoms with E-state index in [1.54, 1.807) is 24.3 Å². The minimum absolute atomic E-state index is 0.269. The minimum Gasteiger partial charge on any atom is -0.398 e. The molecule has 1 atom stereocenters. The van der Waals surface area contributed by atoms with Gasteiger partial charge < -0.3 is 5.73 Å². The number of nitrogens with two attached hydrogens (primary N) is 1. The lowest BCUT2D eigenvalue weighted by Gasteiger charge is -2.12. The van der Waals surface area contributed by atoms with Gasteiger partial charge in [-0.15, -0.1) is 5.10 Å². The molecule has 0 bridgehead atoms. The van der Waals surface area contributed by atoms with E-state index >= 15 is 0 Å². The number of nitriles is 1. The molecule has 0 fully saturated rings. The summed E-state index contributed by atoms with van der Waals surface area (Å²) < 4.78 is 0.675. The van der Waals surface area contributed by atoms with Crippen molar-refractivity contribution in [3.05, 3.63) is 50.2 Å². The summed E-state index contributed by atoms with van der Waals surface area (Å²) in [6, 6.07) is 8.67. The molecule has 0 aliphatic rings. The third kappa shape index (κ3) is 2.98. The van der Waals surface area contributed by atoms with Crippen LogP contribution in [0.5, 0.6) is 0 Å². The summed E-state index contributed by atoms with van der Waals surface area (Å²) >= 11 is 15.1. The predicted molar refractivity (Wildman–Crippen MR) is 78.1 cm³/mol. The van der Waals surface area contributed by atoms with Crippen molar-refractivity contribution in [2.75, 3.05) is 5.73 Å². The van der Waals surface area contributed by atoms with Crippen molar-refractivity contribution in [1.29, 1.82) is 5.26 Å². The molecule has 1 aromatic carbocycles. The maximum atomic E-state index is 9.33. The summed E-state index contributed by atoms with van der Waals surface area (Å²) in [6.07, 6.45) is 0. The van der Waals surface area contributed by atoms with Crippen molar-refractivity contribution in [1.82, 2.24) is 10.2 Å². The first-order valence-corrected chi connectivity index (χ1v) is 6.71. The maximum absolute atomic E-state index is 9.33. The van der Waals surface area contributed by atoms with E-state index in [0.29, 0.717) is 26.4 Å². The number of hydrogen-bond donors (Lipinski definition) is 1. The Bertz CT molecular complexity index is 652. The van der Waals surface area contributed by atoms with E-state index in [1.165, 1.54) is 0 Å². The maximum Gasteiger partial charge on any atom is 0.151 e. The molecule has 2 aromatic rings. The van der Waals surface area contributed by atoms with Crippen LogP contribution in [0, 0.1) is 11.3 Å². The Labute approximate surface area is 128 Å². The zero-order chi connectivity index (χ0) is 14.0. The average molecular weight is 358 g/mol. The van der Waals surface area contributed by atoms with Crippen molar-refractivity contribution in [3.8, 4) is 6.07 Å². The fourth-order valence-corrected chi connectivity index (χ4v) is 2.32. The molecular formula is C12H7BrCl2N4. The van der Waals surface area contributed by atoms with Crippen LogP contribution < -0.4 is 5.73 Å². The molecule has 7 heteroatoms. The molecule has 0 spiro atoms. The van der Waals surface area contributed by atoms with Crippen LogP contribution in [-0.2, 0) is 0 Å². The van der Waals surface area contributed by atoms with Crippen LogP contribution in [0.4, 0.5) is 5.69 Å². The van der Waals surface area contributed by atoms with Gasteiger partial charge in [-0.25, -0.2) is 0 Å². The number of nitrogens with zero attached hydrogens (tertiary/aromatic N) is 3. The van der Waals surface area contributed by atoms with E-state index < -0.39 is 5.92 Å². The first-order valence-electron chi connectivity index (χ1n) is 5.16. The summed E-state index contributed by atoms with van der Waals surface area (Å²) in [5.74, 6) is -0.630. The molecule has 19 heavy (non-hydrogen) atoms. The molecule has 1 heterocycles. The van der Waals surface area contributed by atoms with Gasteiger partial charge in [-0.2, -0.15) is 10.4 Å². The number of anilines is 1. The lowest BCUT2D eigenvalue weighted by molar-refractivity contribution is 0.884. The number of halogens is 3. The highest BCUT2D eigenvalue weighted by molar-refractivity contribution is 9.10. The van der Waals surface area contributed by atoms with Crippen molar-refractivity contribution in [3.63, 3.8) is 0 Å². The highest BCUT2D eigenvalue weighted by atomic mass is 79.9. The minimum atomic E-state index is -0.630. The van der Waals surface area contributed by atoms with Gasteiger partial charge in [-0.05, 0) is 45.8 Å². The van der Waals surface area contributed by atoms with Crippen LogP contribution in [0.1, 0.15) is 17.2 Å². The van der Waals surface area contributed by atoms with Gasteiger partial charge in [0.05, 0.1) is 11.8 Å². The molecule has 4 nitrogen and oxygen atoms in total. The lowest BCUT2D eigenvalue weighted by Crippen LogP contribution is -2.04. The number of aromatic nitrogens is 2. The fourth-order valence-electron chi connectivity index (χ4n) is 1.57. The Kier molecular flexibility index (Phi) is 4.25. The van der Waals surface area contributed by atoms with Crippen LogP contribution >= 0.6 is 39.1 Å². The first kappa shape index (κ1) is 14.1. The van der Waals surface area contributed by atoms with Crippen molar-refractivity contribution in [2.24, 2.45) is 0 Å². The quantitative estimate of drug-likeness (QED) is 0.829. The Morgan fingerprint density at radius 3 is 2.58 bits per heavy atom. The predicted octanol–water partition coefficient (Wildman–Crippen LogP) is 3.78. The van der Waals surface area contributed by atoms with Gasteiger partial charge in [0.1, 0.15) is 5.92 Å². The standard InChI is InChI=1S/C12H7BrCl2N4/c13-8-3-6(9(14)4-10(8)17)7(5-16)11-1-2-12(15)19-18-11/h1-4,7H,17H2. The van der Waals surface area contributed by atoms with Crippen LogP contribution in [0.25, 0.3) is 0 Å². The summed E-state index contributed by atoms with van der Waals surface area (Å²) in [5.41, 5.74) is 7.33. The van der Waals surface area contributed by atoms with Crippen LogP contribution in [-0.4, -0.2) is 10.2 Å². The van der Waals surface area contributed by atoms with Gasteiger partial charge in [0.15, 0.2) is 5.15 Å². The van der Waals surface area contributed by atoms with Gasteiger partial charge in [0.2, 0.25) is 0 Å². The second-order valence-electron chi connectivity index (χ2n) is 3.74. The SMILES string of the molecule is N#CC(c1ccc(Cl)nn1)c1cc(Br)c(N)cc1Cl. The molecule has 2 N–H and O–H groups in total. The second-order valence-corrected chi connectivity index (χ2v) is 5.39. The molecule has 2 rings (SSSR count). The third-order valence-electron chi connectivity index (χ3n) is 2.50. The van der Waals surface area contributed by atoms with Crippen LogP contribution in [0.2, 0.25) is 10.2 Å². The smallest absolute Gasteiger partial charge is 0.151 e. The van der Waals surface area contributed by atoms with Gasteiger partial charge in [0, 0.05) is 15.2 Å². The summed E-state index contributed by atoms with van der Waals surface area (Å²) in [6.45, 7) is 0. The first-order chi connectivity index (χ1) is 9.02. The highest BCUT2D eigenvalue weighted by Gasteiger charge is 2.19. The van der Waals surface area contributed by atoms with Crippen molar-refractivity contribution in [2.45, 2.75) is 5.92 Å². The van der Waals surface area contributed by atoms with Crippen LogP contribution in [0.3, 0.4) is 0 Å². The lowest BCUT2D eigenvalue weighted by atomic mass is 9.96. The number of rotatable bonds is 2. The van der Waals surface area contributed by atoms with Crippen molar-refractivity contribution >= 4 is 44.8 Å². The van der Waals surface area contributed by atoms with E-state index in [1.807, 2.05) is 0 Å². The molecule has 0 saturated heterocycles. The number of hydrogen-bond acceptors (Lipinski definition) is 4. The molecule has 1 aromatic heterocycles. The summed E-state index contributed by atoms with van der Waals surface area (Å²) in [5, 5.41) is 17.6. The Morgan fingerprint density at radius 1 is 1.26 bits per heavy atom. The second kappa shape index (κ2) is 5.74. The number of benzene rings is 1. The third-order valence-corrected chi connectivity index (χ3v) is 3.72. The molecule has 0 saturated carbocycles. The zero-order valence-electron chi connectivity index (χ0n) is 9.44. The van der Waals surface area contributed by atoms with E-state index in [9.17, 15) is 5.26 Å². The molecule has 96 valence electrons. The molecule has 1 unspecified atom stereocenters. The molecule has 0 aliphatic heterocycles. The Morgan fingerprint density at radius 2 is 2.00 bits per heavy atom. The topological polar surface area (TPSA) is 75.6 Å². The molecular weight excluding hydrogens is 351 g/mol. The fraction of sp³-hybridized carbons (Fsp3) is 0.0833. The number of nitrogen functional groups attached to an aromatic ring is 1. The zero-order valence-corrected chi connectivity index (χ0v) is 12.5. The molecule has 0 aliphatic carbocycles. The van der Waals surface area contributed by atoms with Gasteiger partial charge in [-0.3, -0.25) is 0 Å². The van der Waals surface area contributed by atoms with Gasteiger partial charge in [0.25, 0.3) is 0 Å². The monoisotopic (exact) mass is 356 g/mol. The van der Waals surface area contributed by atoms with Crippen LogP contribution in [0.15, 0.2) is 28.7 Å². The van der Waals surface area contributed by atoms with Gasteiger partial charge >= 0.3 is 0 Å². The molecule has 0 radical (unpaired) electrons. The summed E-state index contributed by atoms with van der Waals surface area (Å²) in [4.78, 5) is 0. The highest BCUT2D eigenvalue weighted by Crippen LogP contribution is 2.34. The van der Waals surface area contributed by atoms with E-state index in [-0.39, 0.29) is 5.15 Å². The van der Waals surface area contributed by atoms with E-state index in [2.05, 4.69) is 32.2 Å². The average Bonchev–Trinajstić information content (AvgIpc) is 2.38. The Balaban J connectivity index is 2.52. The Hall–Kier alpha value is -1.35. The van der Waals surface area contributed by atoms with E-state index in [4.69, 9.17) is 28.9 Å². The normalized spacial score (nSPS) is 11.9. The molecule has 0 amide bonds. The van der Waals surface area contributed by atoms with Gasteiger partial charge in [-0.1, -0.05) is 23.2 Å². The van der Waals surface area contributed by atoms with E-state index in [0.717, 1.165) is 0 Å². The largest absolute Gasteiger partial charge is 0.398 e. The summed E-state index contributed by atoms with van der Waals surface area (Å²) in [7, 11) is 0. The van der Waals surface area contributed by atoms with Crippen molar-refractivity contribution < 1.29 is 0 Å².